The number of nitrogens with one attached hydrogen (secondary N) is 2. The summed E-state index contributed by atoms with van der Waals surface area (Å²) in [5, 5.41) is 12.5. The van der Waals surface area contributed by atoms with Crippen molar-refractivity contribution in [3.63, 3.8) is 0 Å². The first-order chi connectivity index (χ1) is 16.3. The Morgan fingerprint density at radius 1 is 1.24 bits per heavy atom. The summed E-state index contributed by atoms with van der Waals surface area (Å²) in [6.07, 6.45) is 1.61. The van der Waals surface area contributed by atoms with E-state index in [1.54, 1.807) is 11.9 Å². The standard InChI is InChI=1S/C26H24F2N4O2/c1-14(2)23-20(26(33)31-21-8-9-34-22-7-5-4-6-19(21)22)13-29-32-24(15(3)30-25(23)32)16-10-17(27)12-18(28)11-16/h4-7,10-13,21,25,30H,1,8-9H2,2-3H3,(H,31,33)/t21-,25?/m0/s1. The lowest BCUT2D eigenvalue weighted by Crippen LogP contribution is -2.42. The normalized spacial score (nSPS) is 21.0. The number of para-hydroxylation sites is 1. The molecule has 2 aromatic carbocycles. The van der Waals surface area contributed by atoms with Gasteiger partial charge in [-0.2, -0.15) is 5.10 Å². The number of amides is 1. The number of hydrogen-bond acceptors (Lipinski definition) is 5. The first kappa shape index (κ1) is 21.9. The lowest BCUT2D eigenvalue weighted by Gasteiger charge is -2.32. The summed E-state index contributed by atoms with van der Waals surface area (Å²) in [5.41, 5.74) is 4.26. The van der Waals surface area contributed by atoms with Crippen molar-refractivity contribution in [1.29, 1.82) is 0 Å². The molecular formula is C26H24F2N4O2. The molecule has 0 saturated carbocycles. The number of halogens is 2. The topological polar surface area (TPSA) is 66.0 Å². The Hall–Kier alpha value is -3.94. The highest BCUT2D eigenvalue weighted by Gasteiger charge is 2.38. The summed E-state index contributed by atoms with van der Waals surface area (Å²) in [5.74, 6) is -0.854. The van der Waals surface area contributed by atoms with Crippen molar-refractivity contribution >= 4 is 17.8 Å². The molecular weight excluding hydrogens is 438 g/mol. The fraction of sp³-hybridized carbons (Fsp3) is 0.231. The SMILES string of the molecule is C=C(C)C1=C(C(=O)N[C@H]2CCOc3ccccc32)C=NN2C(c3cc(F)cc(F)c3)=C(C)NC12. The molecule has 0 saturated heterocycles. The van der Waals surface area contributed by atoms with E-state index >= 15 is 0 Å². The summed E-state index contributed by atoms with van der Waals surface area (Å²) in [6.45, 7) is 8.22. The number of carbonyl (C=O) groups is 1. The lowest BCUT2D eigenvalue weighted by atomic mass is 9.96. The molecule has 0 spiro atoms. The molecule has 0 aliphatic carbocycles. The molecule has 3 aliphatic heterocycles. The summed E-state index contributed by atoms with van der Waals surface area (Å²) in [6, 6.07) is 10.8. The van der Waals surface area contributed by atoms with Crippen molar-refractivity contribution in [2.24, 2.45) is 5.10 Å². The molecule has 5 rings (SSSR count). The van der Waals surface area contributed by atoms with Crippen LogP contribution >= 0.6 is 0 Å². The van der Waals surface area contributed by atoms with Crippen LogP contribution in [0.15, 0.2) is 76.6 Å². The molecule has 2 N–H and O–H groups in total. The molecule has 1 unspecified atom stereocenters. The molecule has 0 radical (unpaired) electrons. The molecule has 1 amide bonds. The van der Waals surface area contributed by atoms with Gasteiger partial charge in [0.2, 0.25) is 0 Å². The first-order valence-electron chi connectivity index (χ1n) is 11.0. The number of rotatable bonds is 4. The van der Waals surface area contributed by atoms with Crippen molar-refractivity contribution in [2.75, 3.05) is 6.61 Å². The van der Waals surface area contributed by atoms with E-state index in [1.165, 1.54) is 18.3 Å². The van der Waals surface area contributed by atoms with E-state index in [9.17, 15) is 13.6 Å². The summed E-state index contributed by atoms with van der Waals surface area (Å²) in [4.78, 5) is 13.4. The van der Waals surface area contributed by atoms with Crippen LogP contribution < -0.4 is 15.4 Å². The Morgan fingerprint density at radius 3 is 2.71 bits per heavy atom. The number of fused-ring (bicyclic) bond motifs is 2. The average Bonchev–Trinajstić information content (AvgIpc) is 3.13. The number of nitrogens with zero attached hydrogens (tertiary/aromatic N) is 2. The minimum absolute atomic E-state index is 0.190. The molecule has 34 heavy (non-hydrogen) atoms. The van der Waals surface area contributed by atoms with Crippen LogP contribution in [0.1, 0.15) is 37.4 Å². The highest BCUT2D eigenvalue weighted by Crippen LogP contribution is 2.38. The summed E-state index contributed by atoms with van der Waals surface area (Å²) >= 11 is 0. The minimum Gasteiger partial charge on any atom is -0.493 e. The molecule has 0 fully saturated rings. The second-order valence-electron chi connectivity index (χ2n) is 8.58. The predicted molar refractivity (Wildman–Crippen MR) is 125 cm³/mol. The molecule has 2 atom stereocenters. The van der Waals surface area contributed by atoms with Crippen molar-refractivity contribution < 1.29 is 18.3 Å². The van der Waals surface area contributed by atoms with Crippen LogP contribution in [0.4, 0.5) is 8.78 Å². The highest BCUT2D eigenvalue weighted by atomic mass is 19.1. The number of hydrazone groups is 1. The average molecular weight is 463 g/mol. The largest absolute Gasteiger partial charge is 0.493 e. The van der Waals surface area contributed by atoms with E-state index in [0.717, 1.165) is 17.4 Å². The molecule has 174 valence electrons. The smallest absolute Gasteiger partial charge is 0.253 e. The number of ether oxygens (including phenoxy) is 1. The quantitative estimate of drug-likeness (QED) is 0.707. The van der Waals surface area contributed by atoms with Gasteiger partial charge in [-0.3, -0.25) is 4.79 Å². The third-order valence-electron chi connectivity index (χ3n) is 6.16. The first-order valence-corrected chi connectivity index (χ1v) is 11.0. The van der Waals surface area contributed by atoms with E-state index in [4.69, 9.17) is 4.74 Å². The lowest BCUT2D eigenvalue weighted by molar-refractivity contribution is -0.118. The van der Waals surface area contributed by atoms with Crippen LogP contribution in [0.3, 0.4) is 0 Å². The number of benzene rings is 2. The predicted octanol–water partition coefficient (Wildman–Crippen LogP) is 4.40. The highest BCUT2D eigenvalue weighted by molar-refractivity contribution is 6.14. The number of carbonyl (C=O) groups excluding carboxylic acids is 1. The van der Waals surface area contributed by atoms with Crippen LogP contribution in [-0.4, -0.2) is 29.9 Å². The van der Waals surface area contributed by atoms with Gasteiger partial charge in [-0.1, -0.05) is 30.4 Å². The number of allylic oxidation sites excluding steroid dienone is 1. The Morgan fingerprint density at radius 2 is 1.97 bits per heavy atom. The van der Waals surface area contributed by atoms with Crippen molar-refractivity contribution in [2.45, 2.75) is 32.5 Å². The molecule has 3 aliphatic rings. The molecule has 2 aromatic rings. The zero-order valence-corrected chi connectivity index (χ0v) is 18.9. The molecule has 8 heteroatoms. The molecule has 3 heterocycles. The van der Waals surface area contributed by atoms with Crippen molar-refractivity contribution in [3.8, 4) is 5.75 Å². The van der Waals surface area contributed by atoms with Gasteiger partial charge in [0.05, 0.1) is 30.1 Å². The van der Waals surface area contributed by atoms with Crippen molar-refractivity contribution in [1.82, 2.24) is 15.6 Å². The van der Waals surface area contributed by atoms with Crippen LogP contribution in [0.2, 0.25) is 0 Å². The fourth-order valence-electron chi connectivity index (χ4n) is 4.70. The third kappa shape index (κ3) is 3.75. The Bertz CT molecular complexity index is 1280. The van der Waals surface area contributed by atoms with Crippen LogP contribution in [0.5, 0.6) is 5.75 Å². The maximum Gasteiger partial charge on any atom is 0.253 e. The molecule has 0 aromatic heterocycles. The van der Waals surface area contributed by atoms with E-state index in [1.807, 2.05) is 31.2 Å². The van der Waals surface area contributed by atoms with Gasteiger partial charge in [-0.25, -0.2) is 13.8 Å². The van der Waals surface area contributed by atoms with Gasteiger partial charge in [0.15, 0.2) is 0 Å². The van der Waals surface area contributed by atoms with E-state index in [-0.39, 0.29) is 11.9 Å². The molecule has 0 bridgehead atoms. The second kappa shape index (κ2) is 8.44. The maximum atomic E-state index is 13.9. The molecule has 6 nitrogen and oxygen atoms in total. The van der Waals surface area contributed by atoms with Gasteiger partial charge in [0, 0.05) is 34.9 Å². The van der Waals surface area contributed by atoms with Gasteiger partial charge in [-0.15, -0.1) is 0 Å². The van der Waals surface area contributed by atoms with Gasteiger partial charge < -0.3 is 15.4 Å². The number of hydrogen-bond donors (Lipinski definition) is 2. The zero-order chi connectivity index (χ0) is 24.0. The monoisotopic (exact) mass is 462 g/mol. The zero-order valence-electron chi connectivity index (χ0n) is 18.9. The fourth-order valence-corrected chi connectivity index (χ4v) is 4.70. The van der Waals surface area contributed by atoms with Crippen molar-refractivity contribution in [3.05, 3.63) is 94.2 Å². The summed E-state index contributed by atoms with van der Waals surface area (Å²) < 4.78 is 33.5. The second-order valence-corrected chi connectivity index (χ2v) is 8.58. The Labute approximate surface area is 196 Å². The summed E-state index contributed by atoms with van der Waals surface area (Å²) in [7, 11) is 0. The van der Waals surface area contributed by atoms with Gasteiger partial charge >= 0.3 is 0 Å². The van der Waals surface area contributed by atoms with Crippen LogP contribution in [0, 0.1) is 11.6 Å². The van der Waals surface area contributed by atoms with E-state index in [0.29, 0.717) is 46.7 Å². The van der Waals surface area contributed by atoms with Crippen LogP contribution in [0.25, 0.3) is 5.70 Å². The van der Waals surface area contributed by atoms with Crippen LogP contribution in [-0.2, 0) is 4.79 Å². The van der Waals surface area contributed by atoms with E-state index in [2.05, 4.69) is 22.3 Å². The maximum absolute atomic E-state index is 13.9. The van der Waals surface area contributed by atoms with Gasteiger partial charge in [0.25, 0.3) is 5.91 Å². The van der Waals surface area contributed by atoms with E-state index < -0.39 is 17.8 Å². The van der Waals surface area contributed by atoms with Gasteiger partial charge in [0.1, 0.15) is 23.5 Å². The Kier molecular flexibility index (Phi) is 5.43. The third-order valence-corrected chi connectivity index (χ3v) is 6.16. The van der Waals surface area contributed by atoms with Gasteiger partial charge in [-0.05, 0) is 32.0 Å². The Balaban J connectivity index is 1.46. The minimum atomic E-state index is -0.674.